The normalized spacial score (nSPS) is 10.5. The molecule has 0 fully saturated rings. The predicted molar refractivity (Wildman–Crippen MR) is 87.7 cm³/mol. The first-order chi connectivity index (χ1) is 10.7. The van der Waals surface area contributed by atoms with E-state index < -0.39 is 0 Å². The number of allylic oxidation sites excluding steroid dienone is 1. The van der Waals surface area contributed by atoms with E-state index in [1.54, 1.807) is 37.6 Å². The molecule has 0 radical (unpaired) electrons. The molecule has 4 nitrogen and oxygen atoms in total. The zero-order valence-electron chi connectivity index (χ0n) is 12.7. The van der Waals surface area contributed by atoms with Gasteiger partial charge in [0.1, 0.15) is 11.5 Å². The third kappa shape index (κ3) is 4.38. The highest BCUT2D eigenvalue weighted by Gasteiger charge is 2.02. The summed E-state index contributed by atoms with van der Waals surface area (Å²) in [6, 6.07) is 14.6. The average Bonchev–Trinajstić information content (AvgIpc) is 2.55. The van der Waals surface area contributed by atoms with Gasteiger partial charge in [-0.05, 0) is 31.2 Å². The molecule has 0 bridgehead atoms. The molecule has 22 heavy (non-hydrogen) atoms. The van der Waals surface area contributed by atoms with Crippen molar-refractivity contribution in [2.75, 3.05) is 19.0 Å². The first-order valence-corrected chi connectivity index (χ1v) is 7.07. The van der Waals surface area contributed by atoms with Crippen LogP contribution in [0.1, 0.15) is 17.3 Å². The molecule has 0 aliphatic carbocycles. The van der Waals surface area contributed by atoms with E-state index in [-0.39, 0.29) is 5.78 Å². The zero-order valence-corrected chi connectivity index (χ0v) is 12.7. The molecule has 0 aromatic heterocycles. The van der Waals surface area contributed by atoms with Gasteiger partial charge in [-0.25, -0.2) is 0 Å². The van der Waals surface area contributed by atoms with Gasteiger partial charge in [-0.3, -0.25) is 4.79 Å². The summed E-state index contributed by atoms with van der Waals surface area (Å²) in [5.74, 6) is 1.36. The van der Waals surface area contributed by atoms with Gasteiger partial charge in [-0.15, -0.1) is 0 Å². The van der Waals surface area contributed by atoms with E-state index in [2.05, 4.69) is 5.32 Å². The van der Waals surface area contributed by atoms with Crippen molar-refractivity contribution in [1.29, 1.82) is 0 Å². The van der Waals surface area contributed by atoms with Gasteiger partial charge in [-0.2, -0.15) is 0 Å². The summed E-state index contributed by atoms with van der Waals surface area (Å²) in [6.45, 7) is 2.56. The van der Waals surface area contributed by atoms with Crippen LogP contribution < -0.4 is 14.8 Å². The van der Waals surface area contributed by atoms with E-state index in [1.165, 1.54) is 6.08 Å². The van der Waals surface area contributed by atoms with Crippen LogP contribution in [0.15, 0.2) is 60.8 Å². The van der Waals surface area contributed by atoms with Gasteiger partial charge >= 0.3 is 0 Å². The van der Waals surface area contributed by atoms with Gasteiger partial charge < -0.3 is 14.8 Å². The number of nitrogens with one attached hydrogen (secondary N) is 1. The van der Waals surface area contributed by atoms with Crippen LogP contribution in [0.5, 0.6) is 11.5 Å². The fourth-order valence-corrected chi connectivity index (χ4v) is 1.93. The van der Waals surface area contributed by atoms with Gasteiger partial charge in [-0.1, -0.05) is 18.2 Å². The van der Waals surface area contributed by atoms with E-state index in [4.69, 9.17) is 9.47 Å². The predicted octanol–water partition coefficient (Wildman–Crippen LogP) is 3.90. The summed E-state index contributed by atoms with van der Waals surface area (Å²) in [5, 5.41) is 3.06. The van der Waals surface area contributed by atoms with Crippen LogP contribution in [-0.2, 0) is 0 Å². The fraction of sp³-hybridized carbons (Fsp3) is 0.167. The minimum absolute atomic E-state index is 0.0904. The molecule has 0 aliphatic rings. The van der Waals surface area contributed by atoms with Crippen LogP contribution in [0.4, 0.5) is 5.69 Å². The van der Waals surface area contributed by atoms with Crippen LogP contribution >= 0.6 is 0 Å². The van der Waals surface area contributed by atoms with Crippen molar-refractivity contribution < 1.29 is 14.3 Å². The number of carbonyl (C=O) groups excluding carboxylic acids is 1. The first kappa shape index (κ1) is 15.6. The van der Waals surface area contributed by atoms with Crippen molar-refractivity contribution in [2.24, 2.45) is 0 Å². The molecule has 0 amide bonds. The van der Waals surface area contributed by atoms with E-state index in [9.17, 15) is 4.79 Å². The van der Waals surface area contributed by atoms with Crippen molar-refractivity contribution in [3.63, 3.8) is 0 Å². The Hall–Kier alpha value is -2.75. The lowest BCUT2D eigenvalue weighted by molar-refractivity contribution is 0.104. The second kappa shape index (κ2) is 7.88. The molecule has 0 atom stereocenters. The van der Waals surface area contributed by atoms with Crippen molar-refractivity contribution in [2.45, 2.75) is 6.92 Å². The van der Waals surface area contributed by atoms with Gasteiger partial charge in [0, 0.05) is 29.6 Å². The second-order valence-electron chi connectivity index (χ2n) is 4.53. The average molecular weight is 297 g/mol. The highest BCUT2D eigenvalue weighted by molar-refractivity contribution is 6.04. The third-order valence-corrected chi connectivity index (χ3v) is 2.98. The Bertz CT molecular complexity index is 665. The number of hydrogen-bond acceptors (Lipinski definition) is 4. The minimum atomic E-state index is -0.0904. The standard InChI is InChI=1S/C18H19NO3/c1-3-22-17-9-5-7-15(13-17)19-11-10-18(20)14-6-4-8-16(12-14)21-2/h4-13,19H,3H2,1-2H3. The fourth-order valence-electron chi connectivity index (χ4n) is 1.93. The van der Waals surface area contributed by atoms with Crippen LogP contribution in [-0.4, -0.2) is 19.5 Å². The molecular formula is C18H19NO3. The molecule has 1 N–H and O–H groups in total. The molecule has 0 aliphatic heterocycles. The zero-order chi connectivity index (χ0) is 15.8. The maximum absolute atomic E-state index is 12.1. The Morgan fingerprint density at radius 2 is 1.91 bits per heavy atom. The lowest BCUT2D eigenvalue weighted by Gasteiger charge is -2.05. The largest absolute Gasteiger partial charge is 0.497 e. The minimum Gasteiger partial charge on any atom is -0.497 e. The number of carbonyl (C=O) groups is 1. The summed E-state index contributed by atoms with van der Waals surface area (Å²) < 4.78 is 10.5. The number of methoxy groups -OCH3 is 1. The van der Waals surface area contributed by atoms with Gasteiger partial charge in [0.15, 0.2) is 5.78 Å². The Morgan fingerprint density at radius 3 is 2.68 bits per heavy atom. The van der Waals surface area contributed by atoms with Gasteiger partial charge in [0.2, 0.25) is 0 Å². The molecule has 2 aromatic carbocycles. The van der Waals surface area contributed by atoms with Gasteiger partial charge in [0.25, 0.3) is 0 Å². The van der Waals surface area contributed by atoms with Crippen LogP contribution in [0.25, 0.3) is 0 Å². The molecule has 114 valence electrons. The summed E-state index contributed by atoms with van der Waals surface area (Å²) in [4.78, 5) is 12.1. The number of ketones is 1. The van der Waals surface area contributed by atoms with Crippen molar-refractivity contribution in [3.05, 3.63) is 66.4 Å². The number of ether oxygens (including phenoxy) is 2. The summed E-state index contributed by atoms with van der Waals surface area (Å²) >= 11 is 0. The maximum Gasteiger partial charge on any atom is 0.187 e. The van der Waals surface area contributed by atoms with Crippen LogP contribution in [0.2, 0.25) is 0 Å². The quantitative estimate of drug-likeness (QED) is 0.622. The van der Waals surface area contributed by atoms with Gasteiger partial charge in [0.05, 0.1) is 13.7 Å². The Morgan fingerprint density at radius 1 is 1.14 bits per heavy atom. The molecular weight excluding hydrogens is 278 g/mol. The van der Waals surface area contributed by atoms with Crippen LogP contribution in [0, 0.1) is 0 Å². The molecule has 0 unspecified atom stereocenters. The highest BCUT2D eigenvalue weighted by Crippen LogP contribution is 2.17. The first-order valence-electron chi connectivity index (χ1n) is 7.07. The highest BCUT2D eigenvalue weighted by atomic mass is 16.5. The summed E-state index contributed by atoms with van der Waals surface area (Å²) in [7, 11) is 1.58. The molecule has 2 aromatic rings. The van der Waals surface area contributed by atoms with E-state index in [0.29, 0.717) is 17.9 Å². The van der Waals surface area contributed by atoms with Crippen molar-refractivity contribution in [1.82, 2.24) is 0 Å². The van der Waals surface area contributed by atoms with E-state index in [1.807, 2.05) is 31.2 Å². The maximum atomic E-state index is 12.1. The number of anilines is 1. The number of benzene rings is 2. The van der Waals surface area contributed by atoms with Crippen molar-refractivity contribution in [3.8, 4) is 11.5 Å². The number of hydrogen-bond donors (Lipinski definition) is 1. The Labute approximate surface area is 130 Å². The smallest absolute Gasteiger partial charge is 0.187 e. The summed E-state index contributed by atoms with van der Waals surface area (Å²) in [5.41, 5.74) is 1.45. The third-order valence-electron chi connectivity index (χ3n) is 2.98. The Balaban J connectivity index is 1.99. The SMILES string of the molecule is CCOc1cccc(NC=CC(=O)c2cccc(OC)c2)c1. The van der Waals surface area contributed by atoms with Crippen LogP contribution in [0.3, 0.4) is 0 Å². The van der Waals surface area contributed by atoms with E-state index in [0.717, 1.165) is 11.4 Å². The molecule has 2 rings (SSSR count). The monoisotopic (exact) mass is 297 g/mol. The molecule has 4 heteroatoms. The lowest BCUT2D eigenvalue weighted by atomic mass is 10.1. The van der Waals surface area contributed by atoms with E-state index >= 15 is 0 Å². The molecule has 0 saturated carbocycles. The molecule has 0 saturated heterocycles. The number of rotatable bonds is 7. The molecule has 0 spiro atoms. The topological polar surface area (TPSA) is 47.6 Å². The second-order valence-corrected chi connectivity index (χ2v) is 4.53. The van der Waals surface area contributed by atoms with Crippen molar-refractivity contribution >= 4 is 11.5 Å². The molecule has 0 heterocycles. The lowest BCUT2D eigenvalue weighted by Crippen LogP contribution is -1.97. The summed E-state index contributed by atoms with van der Waals surface area (Å²) in [6.07, 6.45) is 3.11. The Kier molecular flexibility index (Phi) is 5.60.